The van der Waals surface area contributed by atoms with E-state index in [1.165, 1.54) is 28.6 Å². The third-order valence-corrected chi connectivity index (χ3v) is 7.41. The molecule has 5 rings (SSSR count). The van der Waals surface area contributed by atoms with Gasteiger partial charge in [0.15, 0.2) is 0 Å². The van der Waals surface area contributed by atoms with Crippen LogP contribution in [0.15, 0.2) is 44.8 Å². The lowest BCUT2D eigenvalue weighted by Gasteiger charge is -2.16. The van der Waals surface area contributed by atoms with E-state index in [0.717, 1.165) is 23.6 Å². The topological polar surface area (TPSA) is 84.7 Å². The first-order valence-electron chi connectivity index (χ1n) is 9.68. The highest BCUT2D eigenvalue weighted by Crippen LogP contribution is 2.39. The van der Waals surface area contributed by atoms with Gasteiger partial charge < -0.3 is 9.40 Å². The van der Waals surface area contributed by atoms with Crippen LogP contribution in [-0.4, -0.2) is 20.2 Å². The van der Waals surface area contributed by atoms with E-state index in [1.807, 2.05) is 25.1 Å². The first-order valence-corrected chi connectivity index (χ1v) is 11.4. The molecule has 1 aromatic carbocycles. The summed E-state index contributed by atoms with van der Waals surface area (Å²) in [5.41, 5.74) is 1.97. The van der Waals surface area contributed by atoms with E-state index in [2.05, 4.69) is 33.2 Å². The summed E-state index contributed by atoms with van der Waals surface area (Å²) >= 11 is 3.15. The number of rotatable bonds is 4. The average molecular weight is 425 g/mol. The normalized spacial score (nSPS) is 17.4. The first-order chi connectivity index (χ1) is 14.1. The molecule has 1 N–H and O–H groups in total. The molecule has 0 radical (unpaired) electrons. The van der Waals surface area contributed by atoms with Crippen molar-refractivity contribution in [3.8, 4) is 10.8 Å². The Hall–Kier alpha value is -2.45. The third-order valence-electron chi connectivity index (χ3n) is 5.24. The Kier molecular flexibility index (Phi) is 4.75. The molecular weight excluding hydrogens is 404 g/mol. The van der Waals surface area contributed by atoms with Crippen LogP contribution in [-0.2, 0) is 12.8 Å². The molecule has 0 amide bonds. The molecule has 8 heteroatoms. The summed E-state index contributed by atoms with van der Waals surface area (Å²) in [5, 5.41) is 9.38. The second-order valence-corrected chi connectivity index (χ2v) is 9.94. The van der Waals surface area contributed by atoms with Crippen molar-refractivity contribution >= 4 is 34.0 Å². The van der Waals surface area contributed by atoms with Crippen molar-refractivity contribution in [3.05, 3.63) is 57.0 Å². The number of thiophene rings is 1. The number of H-pyrrole nitrogens is 1. The smallest absolute Gasteiger partial charge is 0.277 e. The minimum absolute atomic E-state index is 0.127. The number of nitrogens with one attached hydrogen (secondary N) is 1. The molecule has 0 aliphatic heterocycles. The summed E-state index contributed by atoms with van der Waals surface area (Å²) in [4.78, 5) is 22.2. The second-order valence-electron chi connectivity index (χ2n) is 7.51. The Balaban J connectivity index is 1.37. The van der Waals surface area contributed by atoms with E-state index in [-0.39, 0.29) is 10.8 Å². The summed E-state index contributed by atoms with van der Waals surface area (Å²) < 4.78 is 5.92. The monoisotopic (exact) mass is 424 g/mol. The van der Waals surface area contributed by atoms with Gasteiger partial charge in [0.2, 0.25) is 0 Å². The number of aromatic nitrogens is 4. The van der Waals surface area contributed by atoms with Crippen LogP contribution >= 0.6 is 23.1 Å². The maximum atomic E-state index is 12.3. The summed E-state index contributed by atoms with van der Waals surface area (Å²) in [5.74, 6) is 1.89. The zero-order valence-electron chi connectivity index (χ0n) is 16.1. The number of thioether (sulfide) groups is 1. The molecule has 148 valence electrons. The quantitative estimate of drug-likeness (QED) is 0.464. The molecule has 2 atom stereocenters. The molecule has 0 fully saturated rings. The number of aryl methyl sites for hydroxylation is 1. The predicted octanol–water partition coefficient (Wildman–Crippen LogP) is 5.01. The number of aromatic amines is 1. The van der Waals surface area contributed by atoms with Gasteiger partial charge in [-0.05, 0) is 55.9 Å². The maximum absolute atomic E-state index is 12.3. The largest absolute Gasteiger partial charge is 0.410 e. The predicted molar refractivity (Wildman–Crippen MR) is 115 cm³/mol. The van der Waals surface area contributed by atoms with Crippen LogP contribution in [0, 0.1) is 5.92 Å². The Morgan fingerprint density at radius 3 is 3.07 bits per heavy atom. The lowest BCUT2D eigenvalue weighted by atomic mass is 9.90. The van der Waals surface area contributed by atoms with Gasteiger partial charge in [-0.2, -0.15) is 0 Å². The van der Waals surface area contributed by atoms with E-state index in [9.17, 15) is 4.79 Å². The Bertz CT molecular complexity index is 1240. The van der Waals surface area contributed by atoms with Gasteiger partial charge in [-0.15, -0.1) is 21.5 Å². The van der Waals surface area contributed by atoms with Gasteiger partial charge >= 0.3 is 0 Å². The fraction of sp³-hybridized carbons (Fsp3) is 0.333. The molecule has 6 nitrogen and oxygen atoms in total. The van der Waals surface area contributed by atoms with Gasteiger partial charge in [-0.1, -0.05) is 30.8 Å². The molecule has 1 aliphatic rings. The highest BCUT2D eigenvalue weighted by molar-refractivity contribution is 7.99. The van der Waals surface area contributed by atoms with Crippen LogP contribution in [0.2, 0.25) is 0 Å². The van der Waals surface area contributed by atoms with Crippen LogP contribution in [0.5, 0.6) is 0 Å². The molecule has 0 saturated heterocycles. The number of hydrogen-bond acceptors (Lipinski definition) is 7. The van der Waals surface area contributed by atoms with E-state index < -0.39 is 0 Å². The summed E-state index contributed by atoms with van der Waals surface area (Å²) in [6, 6.07) is 9.52. The molecule has 4 aromatic rings. The van der Waals surface area contributed by atoms with Crippen molar-refractivity contribution in [1.82, 2.24) is 20.2 Å². The fourth-order valence-corrected chi connectivity index (χ4v) is 5.54. The molecule has 29 heavy (non-hydrogen) atoms. The number of para-hydroxylation sites is 1. The average Bonchev–Trinajstić information content (AvgIpc) is 3.34. The summed E-state index contributed by atoms with van der Waals surface area (Å²) in [7, 11) is 0. The van der Waals surface area contributed by atoms with Crippen molar-refractivity contribution in [1.29, 1.82) is 0 Å². The summed E-state index contributed by atoms with van der Waals surface area (Å²) in [6.45, 7) is 4.26. The molecule has 0 bridgehead atoms. The fourth-order valence-electron chi connectivity index (χ4n) is 3.67. The highest BCUT2D eigenvalue weighted by Gasteiger charge is 2.22. The van der Waals surface area contributed by atoms with Crippen LogP contribution in [0.1, 0.15) is 41.8 Å². The van der Waals surface area contributed by atoms with E-state index in [0.29, 0.717) is 27.8 Å². The van der Waals surface area contributed by atoms with Crippen LogP contribution in [0.4, 0.5) is 0 Å². The number of benzene rings is 1. The van der Waals surface area contributed by atoms with Crippen molar-refractivity contribution in [2.45, 2.75) is 43.6 Å². The minimum Gasteiger partial charge on any atom is -0.410 e. The minimum atomic E-state index is -0.136. The van der Waals surface area contributed by atoms with Gasteiger partial charge in [0.25, 0.3) is 16.7 Å². The molecule has 3 aromatic heterocycles. The van der Waals surface area contributed by atoms with Gasteiger partial charge in [0, 0.05) is 4.88 Å². The second kappa shape index (κ2) is 7.42. The van der Waals surface area contributed by atoms with Crippen molar-refractivity contribution in [2.75, 3.05) is 0 Å². The Morgan fingerprint density at radius 1 is 1.31 bits per heavy atom. The molecule has 3 heterocycles. The Labute approximate surface area is 175 Å². The SMILES string of the molecule is C[C@@H]1CCc2sc(-c3nnc(S[C@@H](C)c4nc5ccccc5c(=O)[nH]4)o3)cc2C1. The first kappa shape index (κ1) is 18.6. The van der Waals surface area contributed by atoms with Crippen molar-refractivity contribution in [3.63, 3.8) is 0 Å². The molecule has 0 unspecified atom stereocenters. The number of hydrogen-bond donors (Lipinski definition) is 1. The third kappa shape index (κ3) is 3.62. The molecule has 0 saturated carbocycles. The number of nitrogens with zero attached hydrogens (tertiary/aromatic N) is 3. The van der Waals surface area contributed by atoms with Crippen molar-refractivity contribution in [2.24, 2.45) is 5.92 Å². The summed E-state index contributed by atoms with van der Waals surface area (Å²) in [6.07, 6.45) is 3.50. The van der Waals surface area contributed by atoms with Gasteiger partial charge in [0.1, 0.15) is 5.82 Å². The van der Waals surface area contributed by atoms with Crippen LogP contribution in [0.3, 0.4) is 0 Å². The van der Waals surface area contributed by atoms with E-state index in [1.54, 1.807) is 17.4 Å². The van der Waals surface area contributed by atoms with E-state index >= 15 is 0 Å². The maximum Gasteiger partial charge on any atom is 0.277 e. The zero-order chi connectivity index (χ0) is 20.0. The van der Waals surface area contributed by atoms with Crippen molar-refractivity contribution < 1.29 is 4.42 Å². The number of fused-ring (bicyclic) bond motifs is 2. The Morgan fingerprint density at radius 2 is 2.17 bits per heavy atom. The lowest BCUT2D eigenvalue weighted by Crippen LogP contribution is -2.12. The highest BCUT2D eigenvalue weighted by atomic mass is 32.2. The standard InChI is InChI=1S/C21H20N4O2S2/c1-11-7-8-16-13(9-11)10-17(29-16)20-24-25-21(27-20)28-12(2)18-22-15-6-4-3-5-14(15)19(26)23-18/h3-6,10-12H,7-9H2,1-2H3,(H,22,23,26)/t11-,12+/m1/s1. The zero-order valence-corrected chi connectivity index (χ0v) is 17.8. The molecule has 0 spiro atoms. The van der Waals surface area contributed by atoms with E-state index in [4.69, 9.17) is 4.42 Å². The lowest BCUT2D eigenvalue weighted by molar-refractivity contribution is 0.465. The van der Waals surface area contributed by atoms with Gasteiger partial charge in [-0.25, -0.2) is 4.98 Å². The van der Waals surface area contributed by atoms with Gasteiger partial charge in [0.05, 0.1) is 21.0 Å². The van der Waals surface area contributed by atoms with Crippen LogP contribution in [0.25, 0.3) is 21.7 Å². The molecular formula is C21H20N4O2S2. The van der Waals surface area contributed by atoms with Crippen LogP contribution < -0.4 is 5.56 Å². The van der Waals surface area contributed by atoms with Gasteiger partial charge in [-0.3, -0.25) is 4.79 Å². The molecule has 1 aliphatic carbocycles.